The van der Waals surface area contributed by atoms with E-state index in [1.165, 1.54) is 0 Å². The van der Waals surface area contributed by atoms with Crippen LogP contribution in [0.5, 0.6) is 5.75 Å². The molecule has 0 amide bonds. The molecule has 19 heavy (non-hydrogen) atoms. The predicted molar refractivity (Wildman–Crippen MR) is 84.5 cm³/mol. The number of halogens is 3. The third-order valence-electron chi connectivity index (χ3n) is 2.65. The molecule has 0 radical (unpaired) electrons. The first-order valence-corrected chi connectivity index (χ1v) is 7.16. The lowest BCUT2D eigenvalue weighted by molar-refractivity contribution is 0.410. The van der Waals surface area contributed by atoms with Crippen molar-refractivity contribution < 1.29 is 4.74 Å². The summed E-state index contributed by atoms with van der Waals surface area (Å²) in [6, 6.07) is 11.3. The minimum Gasteiger partial charge on any atom is -0.496 e. The molecule has 1 N–H and O–H groups in total. The van der Waals surface area contributed by atoms with Crippen molar-refractivity contribution in [2.24, 2.45) is 0 Å². The molecule has 0 fully saturated rings. The third-order valence-corrected chi connectivity index (χ3v) is 4.11. The Morgan fingerprint density at radius 1 is 1.16 bits per heavy atom. The van der Waals surface area contributed by atoms with Crippen molar-refractivity contribution in [1.82, 2.24) is 0 Å². The van der Waals surface area contributed by atoms with Gasteiger partial charge in [-0.3, -0.25) is 0 Å². The Labute approximate surface area is 130 Å². The van der Waals surface area contributed by atoms with E-state index in [2.05, 4.69) is 21.2 Å². The van der Waals surface area contributed by atoms with Gasteiger partial charge in [0.1, 0.15) is 5.75 Å². The van der Waals surface area contributed by atoms with Gasteiger partial charge in [-0.1, -0.05) is 23.2 Å². The van der Waals surface area contributed by atoms with Gasteiger partial charge in [-0.2, -0.15) is 0 Å². The molecule has 0 atom stereocenters. The molecule has 0 spiro atoms. The summed E-state index contributed by atoms with van der Waals surface area (Å²) in [5.74, 6) is 0.806. The maximum atomic E-state index is 6.05. The van der Waals surface area contributed by atoms with Gasteiger partial charge in [0, 0.05) is 27.3 Å². The number of benzene rings is 2. The van der Waals surface area contributed by atoms with Crippen LogP contribution in [-0.2, 0) is 6.54 Å². The highest BCUT2D eigenvalue weighted by Crippen LogP contribution is 2.27. The maximum absolute atomic E-state index is 6.05. The lowest BCUT2D eigenvalue weighted by Crippen LogP contribution is -2.01. The summed E-state index contributed by atoms with van der Waals surface area (Å²) in [5, 5.41) is 4.64. The lowest BCUT2D eigenvalue weighted by Gasteiger charge is -2.11. The summed E-state index contributed by atoms with van der Waals surface area (Å²) in [7, 11) is 1.64. The van der Waals surface area contributed by atoms with Gasteiger partial charge in [0.2, 0.25) is 0 Å². The normalized spacial score (nSPS) is 10.3. The smallest absolute Gasteiger partial charge is 0.123 e. The van der Waals surface area contributed by atoms with E-state index in [0.717, 1.165) is 21.5 Å². The van der Waals surface area contributed by atoms with Gasteiger partial charge in [-0.25, -0.2) is 0 Å². The molecule has 0 aliphatic rings. The quantitative estimate of drug-likeness (QED) is 0.790. The monoisotopic (exact) mass is 359 g/mol. The molecule has 0 unspecified atom stereocenters. The molecule has 0 aliphatic carbocycles. The van der Waals surface area contributed by atoms with Crippen LogP contribution in [0, 0.1) is 0 Å². The minimum absolute atomic E-state index is 0.613. The van der Waals surface area contributed by atoms with Crippen LogP contribution < -0.4 is 10.1 Å². The largest absolute Gasteiger partial charge is 0.496 e. The van der Waals surface area contributed by atoms with E-state index in [4.69, 9.17) is 27.9 Å². The molecule has 0 saturated heterocycles. The molecule has 0 saturated carbocycles. The molecule has 2 aromatic carbocycles. The summed E-state index contributed by atoms with van der Waals surface area (Å²) in [6.45, 7) is 0.613. The predicted octanol–water partition coefficient (Wildman–Crippen LogP) is 5.38. The summed E-state index contributed by atoms with van der Waals surface area (Å²) >= 11 is 15.4. The van der Waals surface area contributed by atoms with Crippen molar-refractivity contribution in [2.45, 2.75) is 6.54 Å². The van der Waals surface area contributed by atoms with E-state index >= 15 is 0 Å². The number of rotatable bonds is 4. The van der Waals surface area contributed by atoms with Crippen LogP contribution in [0.15, 0.2) is 40.9 Å². The zero-order chi connectivity index (χ0) is 13.8. The molecule has 0 heterocycles. The van der Waals surface area contributed by atoms with Crippen molar-refractivity contribution in [3.63, 3.8) is 0 Å². The average molecular weight is 361 g/mol. The van der Waals surface area contributed by atoms with Crippen molar-refractivity contribution in [2.75, 3.05) is 12.4 Å². The molecule has 0 aromatic heterocycles. The van der Waals surface area contributed by atoms with E-state index in [1.54, 1.807) is 13.2 Å². The second kappa shape index (κ2) is 6.51. The Kier molecular flexibility index (Phi) is 4.97. The van der Waals surface area contributed by atoms with Gasteiger partial charge in [0.25, 0.3) is 0 Å². The van der Waals surface area contributed by atoms with Crippen LogP contribution in [0.3, 0.4) is 0 Å². The number of nitrogens with one attached hydrogen (secondary N) is 1. The molecular formula is C14H12BrCl2NO. The van der Waals surface area contributed by atoms with Crippen LogP contribution in [-0.4, -0.2) is 7.11 Å². The summed E-state index contributed by atoms with van der Waals surface area (Å²) in [4.78, 5) is 0. The summed E-state index contributed by atoms with van der Waals surface area (Å²) < 4.78 is 6.17. The highest BCUT2D eigenvalue weighted by molar-refractivity contribution is 9.10. The van der Waals surface area contributed by atoms with Crippen molar-refractivity contribution >= 4 is 44.8 Å². The van der Waals surface area contributed by atoms with Gasteiger partial charge in [-0.15, -0.1) is 0 Å². The topological polar surface area (TPSA) is 21.3 Å². The summed E-state index contributed by atoms with van der Waals surface area (Å²) in [6.07, 6.45) is 0. The Morgan fingerprint density at radius 2 is 1.95 bits per heavy atom. The summed E-state index contributed by atoms with van der Waals surface area (Å²) in [5.41, 5.74) is 1.93. The van der Waals surface area contributed by atoms with Crippen LogP contribution in [0.4, 0.5) is 5.69 Å². The van der Waals surface area contributed by atoms with E-state index in [0.29, 0.717) is 16.6 Å². The van der Waals surface area contributed by atoms with E-state index < -0.39 is 0 Å². The SMILES string of the molecule is COc1ccc(Cl)cc1CNc1ccc(Br)c(Cl)c1. The zero-order valence-corrected chi connectivity index (χ0v) is 13.3. The van der Waals surface area contributed by atoms with Crippen molar-refractivity contribution in [3.05, 3.63) is 56.5 Å². The first-order chi connectivity index (χ1) is 9.10. The van der Waals surface area contributed by atoms with Crippen LogP contribution in [0.1, 0.15) is 5.56 Å². The fraction of sp³-hybridized carbons (Fsp3) is 0.143. The fourth-order valence-electron chi connectivity index (χ4n) is 1.69. The molecule has 2 aromatic rings. The number of anilines is 1. The minimum atomic E-state index is 0.613. The molecule has 0 bridgehead atoms. The molecule has 2 rings (SSSR count). The van der Waals surface area contributed by atoms with Gasteiger partial charge < -0.3 is 10.1 Å². The standard InChI is InChI=1S/C14H12BrCl2NO/c1-19-14-5-2-10(16)6-9(14)8-18-11-3-4-12(15)13(17)7-11/h2-7,18H,8H2,1H3. The maximum Gasteiger partial charge on any atom is 0.123 e. The zero-order valence-electron chi connectivity index (χ0n) is 10.2. The second-order valence-electron chi connectivity index (χ2n) is 3.94. The number of methoxy groups -OCH3 is 1. The third kappa shape index (κ3) is 3.78. The van der Waals surface area contributed by atoms with Gasteiger partial charge >= 0.3 is 0 Å². The van der Waals surface area contributed by atoms with Crippen molar-refractivity contribution in [3.8, 4) is 5.75 Å². The number of ether oxygens (including phenoxy) is 1. The van der Waals surface area contributed by atoms with Crippen LogP contribution in [0.25, 0.3) is 0 Å². The first-order valence-electron chi connectivity index (χ1n) is 5.61. The van der Waals surface area contributed by atoms with Gasteiger partial charge in [0.15, 0.2) is 0 Å². The Bertz CT molecular complexity index is 590. The fourth-order valence-corrected chi connectivity index (χ4v) is 2.31. The van der Waals surface area contributed by atoms with Gasteiger partial charge in [-0.05, 0) is 52.3 Å². The average Bonchev–Trinajstić information content (AvgIpc) is 2.40. The van der Waals surface area contributed by atoms with E-state index in [9.17, 15) is 0 Å². The second-order valence-corrected chi connectivity index (χ2v) is 5.64. The lowest BCUT2D eigenvalue weighted by atomic mass is 10.2. The van der Waals surface area contributed by atoms with Gasteiger partial charge in [0.05, 0.1) is 12.1 Å². The molecular weight excluding hydrogens is 349 g/mol. The number of hydrogen-bond acceptors (Lipinski definition) is 2. The Balaban J connectivity index is 2.13. The van der Waals surface area contributed by atoms with E-state index in [-0.39, 0.29) is 0 Å². The van der Waals surface area contributed by atoms with Crippen LogP contribution >= 0.6 is 39.1 Å². The highest BCUT2D eigenvalue weighted by atomic mass is 79.9. The first kappa shape index (κ1) is 14.5. The Morgan fingerprint density at radius 3 is 2.63 bits per heavy atom. The van der Waals surface area contributed by atoms with E-state index in [1.807, 2.05) is 30.3 Å². The molecule has 2 nitrogen and oxygen atoms in total. The van der Waals surface area contributed by atoms with Crippen molar-refractivity contribution in [1.29, 1.82) is 0 Å². The highest BCUT2D eigenvalue weighted by Gasteiger charge is 2.04. The van der Waals surface area contributed by atoms with Crippen LogP contribution in [0.2, 0.25) is 10.0 Å². The molecule has 100 valence electrons. The molecule has 0 aliphatic heterocycles. The molecule has 5 heteroatoms. The Hall–Kier alpha value is -0.900. The number of hydrogen-bond donors (Lipinski definition) is 1.